The topological polar surface area (TPSA) is 71.1 Å². The third kappa shape index (κ3) is 4.82. The van der Waals surface area contributed by atoms with Crippen LogP contribution in [0.1, 0.15) is 17.2 Å². The highest BCUT2D eigenvalue weighted by molar-refractivity contribution is 7.88. The number of benzene rings is 2. The molecule has 1 saturated heterocycles. The standard InChI is InChI=1S/C16H13BF4O6S/c18-13-6-7-14(27-28(22,23)16(19,20)21)12(8-13)9-24-17-25-10-15(26-17)11-4-2-1-3-5-11/h1-8,15H,9-10H2. The zero-order valence-corrected chi connectivity index (χ0v) is 14.9. The van der Waals surface area contributed by atoms with Gasteiger partial charge < -0.3 is 18.1 Å². The number of hydrogen-bond acceptors (Lipinski definition) is 6. The van der Waals surface area contributed by atoms with Crippen molar-refractivity contribution in [2.45, 2.75) is 18.2 Å². The zero-order chi connectivity index (χ0) is 20.4. The van der Waals surface area contributed by atoms with Gasteiger partial charge in [-0.05, 0) is 23.8 Å². The highest BCUT2D eigenvalue weighted by atomic mass is 32.2. The van der Waals surface area contributed by atoms with Crippen LogP contribution in [0.5, 0.6) is 5.75 Å². The lowest BCUT2D eigenvalue weighted by atomic mass is 10.1. The van der Waals surface area contributed by atoms with E-state index in [-0.39, 0.29) is 12.2 Å². The van der Waals surface area contributed by atoms with E-state index >= 15 is 0 Å². The molecule has 0 saturated carbocycles. The molecule has 150 valence electrons. The molecule has 0 N–H and O–H groups in total. The summed E-state index contributed by atoms with van der Waals surface area (Å²) >= 11 is 0. The van der Waals surface area contributed by atoms with Crippen molar-refractivity contribution in [1.29, 1.82) is 0 Å². The monoisotopic (exact) mass is 420 g/mol. The second-order valence-electron chi connectivity index (χ2n) is 5.70. The van der Waals surface area contributed by atoms with Gasteiger partial charge in [0, 0.05) is 5.56 Å². The van der Waals surface area contributed by atoms with Gasteiger partial charge in [0.15, 0.2) is 0 Å². The number of rotatable bonds is 6. The van der Waals surface area contributed by atoms with E-state index in [0.717, 1.165) is 23.8 Å². The van der Waals surface area contributed by atoms with Gasteiger partial charge in [-0.25, -0.2) is 4.39 Å². The molecule has 0 radical (unpaired) electrons. The van der Waals surface area contributed by atoms with Crippen LogP contribution in [0.25, 0.3) is 0 Å². The molecule has 1 unspecified atom stereocenters. The minimum atomic E-state index is -5.91. The lowest BCUT2D eigenvalue weighted by Gasteiger charge is -2.14. The maximum atomic E-state index is 13.5. The molecule has 2 aromatic rings. The first-order valence-electron chi connectivity index (χ1n) is 7.88. The molecule has 1 heterocycles. The van der Waals surface area contributed by atoms with Gasteiger partial charge in [-0.3, -0.25) is 0 Å². The van der Waals surface area contributed by atoms with E-state index in [1.54, 1.807) is 0 Å². The minimum absolute atomic E-state index is 0.170. The van der Waals surface area contributed by atoms with Crippen molar-refractivity contribution in [3.05, 3.63) is 65.5 Å². The van der Waals surface area contributed by atoms with Gasteiger partial charge in [-0.15, -0.1) is 0 Å². The Morgan fingerprint density at radius 3 is 2.54 bits per heavy atom. The van der Waals surface area contributed by atoms with Crippen molar-refractivity contribution < 1.29 is 44.1 Å². The molecular formula is C16H13BF4O6S. The van der Waals surface area contributed by atoms with Crippen molar-refractivity contribution in [3.63, 3.8) is 0 Å². The third-order valence-corrected chi connectivity index (χ3v) is 4.68. The van der Waals surface area contributed by atoms with Gasteiger partial charge in [-0.1, -0.05) is 30.3 Å². The quantitative estimate of drug-likeness (QED) is 0.309. The molecule has 6 nitrogen and oxygen atoms in total. The third-order valence-electron chi connectivity index (χ3n) is 3.71. The molecule has 0 spiro atoms. The summed E-state index contributed by atoms with van der Waals surface area (Å²) in [7, 11) is -7.07. The van der Waals surface area contributed by atoms with Gasteiger partial charge in [0.25, 0.3) is 0 Å². The average Bonchev–Trinajstić information content (AvgIpc) is 3.10. The van der Waals surface area contributed by atoms with E-state index in [0.29, 0.717) is 0 Å². The molecule has 0 amide bonds. The molecule has 0 aromatic heterocycles. The van der Waals surface area contributed by atoms with Gasteiger partial charge in [-0.2, -0.15) is 21.6 Å². The Kier molecular flexibility index (Phi) is 5.94. The van der Waals surface area contributed by atoms with Crippen LogP contribution >= 0.6 is 0 Å². The molecule has 12 heteroatoms. The SMILES string of the molecule is O=S(=O)(Oc1ccc(F)cc1COB1OCC(c2ccccc2)O1)C(F)(F)F. The maximum absolute atomic E-state index is 13.5. The number of hydrogen-bond donors (Lipinski definition) is 0. The Morgan fingerprint density at radius 2 is 1.86 bits per heavy atom. The second kappa shape index (κ2) is 8.07. The van der Waals surface area contributed by atoms with Gasteiger partial charge in [0.05, 0.1) is 19.3 Å². The lowest BCUT2D eigenvalue weighted by Crippen LogP contribution is -2.28. The van der Waals surface area contributed by atoms with Crippen LogP contribution in [0.15, 0.2) is 48.5 Å². The second-order valence-corrected chi connectivity index (χ2v) is 7.24. The van der Waals surface area contributed by atoms with Crippen molar-refractivity contribution in [2.75, 3.05) is 6.61 Å². The maximum Gasteiger partial charge on any atom is 0.640 e. The predicted molar refractivity (Wildman–Crippen MR) is 88.8 cm³/mol. The van der Waals surface area contributed by atoms with Gasteiger partial charge in [0.2, 0.25) is 0 Å². The molecule has 1 aliphatic rings. The summed E-state index contributed by atoms with van der Waals surface area (Å²) < 4.78 is 93.5. The molecule has 28 heavy (non-hydrogen) atoms. The molecule has 0 aliphatic carbocycles. The summed E-state index contributed by atoms with van der Waals surface area (Å²) in [6.07, 6.45) is -0.417. The van der Waals surface area contributed by atoms with Gasteiger partial charge >= 0.3 is 22.9 Å². The zero-order valence-electron chi connectivity index (χ0n) is 14.1. The Morgan fingerprint density at radius 1 is 1.14 bits per heavy atom. The highest BCUT2D eigenvalue weighted by Gasteiger charge is 2.48. The van der Waals surface area contributed by atoms with Crippen LogP contribution in [-0.2, 0) is 30.7 Å². The van der Waals surface area contributed by atoms with Gasteiger partial charge in [0.1, 0.15) is 11.6 Å². The summed E-state index contributed by atoms with van der Waals surface area (Å²) in [5, 5.41) is 0. The fraction of sp³-hybridized carbons (Fsp3) is 0.250. The molecule has 1 atom stereocenters. The van der Waals surface area contributed by atoms with Crippen LogP contribution in [0, 0.1) is 5.82 Å². The molecular weight excluding hydrogens is 407 g/mol. The Balaban J connectivity index is 1.67. The fourth-order valence-electron chi connectivity index (χ4n) is 2.37. The first-order chi connectivity index (χ1) is 13.2. The van der Waals surface area contributed by atoms with Crippen molar-refractivity contribution >= 4 is 17.4 Å². The lowest BCUT2D eigenvalue weighted by molar-refractivity contribution is -0.0500. The van der Waals surface area contributed by atoms with Crippen molar-refractivity contribution in [1.82, 2.24) is 0 Å². The smallest absolute Gasteiger partial charge is 0.383 e. The van der Waals surface area contributed by atoms with E-state index in [9.17, 15) is 26.0 Å². The minimum Gasteiger partial charge on any atom is -0.383 e. The normalized spacial score (nSPS) is 17.7. The predicted octanol–water partition coefficient (Wildman–Crippen LogP) is 3.34. The van der Waals surface area contributed by atoms with E-state index in [1.807, 2.05) is 30.3 Å². The van der Waals surface area contributed by atoms with E-state index in [1.165, 1.54) is 0 Å². The summed E-state index contributed by atoms with van der Waals surface area (Å²) in [5.74, 6) is -1.53. The summed E-state index contributed by atoms with van der Waals surface area (Å²) in [5.41, 5.74) is -5.05. The molecule has 3 rings (SSSR count). The highest BCUT2D eigenvalue weighted by Crippen LogP contribution is 2.31. The largest absolute Gasteiger partial charge is 0.640 e. The summed E-state index contributed by atoms with van der Waals surface area (Å²) in [4.78, 5) is 0. The fourth-order valence-corrected chi connectivity index (χ4v) is 2.87. The molecule has 1 fully saturated rings. The summed E-state index contributed by atoms with van der Waals surface area (Å²) in [6, 6.07) is 11.4. The van der Waals surface area contributed by atoms with E-state index in [2.05, 4.69) is 4.18 Å². The van der Waals surface area contributed by atoms with Crippen molar-refractivity contribution in [2.24, 2.45) is 0 Å². The Labute approximate surface area is 158 Å². The summed E-state index contributed by atoms with van der Waals surface area (Å²) in [6.45, 7) is -0.337. The molecule has 1 aliphatic heterocycles. The first kappa shape index (κ1) is 20.6. The van der Waals surface area contributed by atoms with Crippen LogP contribution < -0.4 is 4.18 Å². The average molecular weight is 420 g/mol. The van der Waals surface area contributed by atoms with Crippen LogP contribution in [0.3, 0.4) is 0 Å². The van der Waals surface area contributed by atoms with E-state index in [4.69, 9.17) is 14.0 Å². The Hall–Kier alpha value is -2.15. The van der Waals surface area contributed by atoms with Crippen LogP contribution in [0.2, 0.25) is 0 Å². The van der Waals surface area contributed by atoms with Crippen LogP contribution in [0.4, 0.5) is 17.6 Å². The van der Waals surface area contributed by atoms with Crippen molar-refractivity contribution in [3.8, 4) is 5.75 Å². The van der Waals surface area contributed by atoms with Crippen LogP contribution in [-0.4, -0.2) is 27.9 Å². The number of alkyl halides is 3. The molecule has 2 aromatic carbocycles. The van der Waals surface area contributed by atoms with E-state index < -0.39 is 47.2 Å². The first-order valence-corrected chi connectivity index (χ1v) is 9.29. The molecule has 0 bridgehead atoms. The number of halogens is 4. The Bertz CT molecular complexity index is 922.